The molecule has 4 heterocycles. The molecule has 1 aromatic carbocycles. The van der Waals surface area contributed by atoms with Crippen LogP contribution in [0.2, 0.25) is 0 Å². The monoisotopic (exact) mass is 579 g/mol. The molecule has 224 valence electrons. The van der Waals surface area contributed by atoms with Crippen molar-refractivity contribution in [2.75, 3.05) is 40.3 Å². The van der Waals surface area contributed by atoms with Gasteiger partial charge in [0.2, 0.25) is 5.91 Å². The quantitative estimate of drug-likeness (QED) is 0.429. The maximum atomic E-state index is 13.1. The van der Waals surface area contributed by atoms with E-state index in [-0.39, 0.29) is 29.7 Å². The molecular formula is C34H41N7O2. The van der Waals surface area contributed by atoms with E-state index in [0.717, 1.165) is 80.6 Å². The van der Waals surface area contributed by atoms with E-state index in [0.29, 0.717) is 25.1 Å². The van der Waals surface area contributed by atoms with Crippen LogP contribution in [0.25, 0.3) is 11.2 Å². The van der Waals surface area contributed by atoms with Crippen molar-refractivity contribution in [1.82, 2.24) is 29.3 Å². The SMILES string of the molecule is CN1CCC(N(C)C(=O)c2ccc(Cc3nc4c(C5=CCN(C(=O)C6CCC(C#N)CC6)CC5)cccn4n3)cc2)CC1. The fraction of sp³-hybridized carbons (Fsp3) is 0.500. The number of rotatable bonds is 6. The van der Waals surface area contributed by atoms with E-state index in [1.54, 1.807) is 0 Å². The fourth-order valence-corrected chi connectivity index (χ4v) is 6.82. The van der Waals surface area contributed by atoms with E-state index < -0.39 is 0 Å². The number of aromatic nitrogens is 3. The Morgan fingerprint density at radius 3 is 2.44 bits per heavy atom. The lowest BCUT2D eigenvalue weighted by Gasteiger charge is -2.35. The molecule has 43 heavy (non-hydrogen) atoms. The molecule has 0 bridgehead atoms. The van der Waals surface area contributed by atoms with Crippen LogP contribution in [0, 0.1) is 23.2 Å². The second kappa shape index (κ2) is 12.7. The minimum Gasteiger partial charge on any atom is -0.339 e. The second-order valence-electron chi connectivity index (χ2n) is 12.5. The van der Waals surface area contributed by atoms with E-state index in [1.807, 2.05) is 57.9 Å². The summed E-state index contributed by atoms with van der Waals surface area (Å²) in [6.07, 6.45) is 10.8. The highest BCUT2D eigenvalue weighted by Crippen LogP contribution is 2.32. The Morgan fingerprint density at radius 2 is 1.77 bits per heavy atom. The summed E-state index contributed by atoms with van der Waals surface area (Å²) in [4.78, 5) is 37.3. The summed E-state index contributed by atoms with van der Waals surface area (Å²) in [7, 11) is 4.05. The Balaban J connectivity index is 1.10. The van der Waals surface area contributed by atoms with Crippen molar-refractivity contribution in [3.8, 4) is 6.07 Å². The van der Waals surface area contributed by atoms with Crippen molar-refractivity contribution in [2.24, 2.45) is 11.8 Å². The van der Waals surface area contributed by atoms with Crippen LogP contribution in [-0.4, -0.2) is 87.4 Å². The third-order valence-electron chi connectivity index (χ3n) is 9.65. The van der Waals surface area contributed by atoms with E-state index in [4.69, 9.17) is 15.3 Å². The molecule has 9 heteroatoms. The molecule has 0 radical (unpaired) electrons. The van der Waals surface area contributed by atoms with Gasteiger partial charge in [-0.25, -0.2) is 9.50 Å². The first kappa shape index (κ1) is 29.1. The van der Waals surface area contributed by atoms with Gasteiger partial charge in [-0.15, -0.1) is 0 Å². The van der Waals surface area contributed by atoms with Crippen LogP contribution in [0.1, 0.15) is 72.3 Å². The van der Waals surface area contributed by atoms with Gasteiger partial charge in [0, 0.05) is 61.8 Å². The van der Waals surface area contributed by atoms with Gasteiger partial charge in [0.15, 0.2) is 11.5 Å². The van der Waals surface area contributed by atoms with Crippen LogP contribution in [0.4, 0.5) is 0 Å². The van der Waals surface area contributed by atoms with Crippen LogP contribution < -0.4 is 0 Å². The van der Waals surface area contributed by atoms with Crippen LogP contribution in [0.3, 0.4) is 0 Å². The number of hydrogen-bond donors (Lipinski definition) is 0. The predicted molar refractivity (Wildman–Crippen MR) is 165 cm³/mol. The Morgan fingerprint density at radius 1 is 1.02 bits per heavy atom. The maximum Gasteiger partial charge on any atom is 0.253 e. The number of benzene rings is 1. The molecule has 6 rings (SSSR count). The zero-order chi connectivity index (χ0) is 29.9. The van der Waals surface area contributed by atoms with Crippen LogP contribution in [0.15, 0.2) is 48.7 Å². The molecule has 2 aliphatic heterocycles. The minimum absolute atomic E-state index is 0.0503. The first-order chi connectivity index (χ1) is 20.9. The lowest BCUT2D eigenvalue weighted by molar-refractivity contribution is -0.136. The molecule has 1 aliphatic carbocycles. The highest BCUT2D eigenvalue weighted by Gasteiger charge is 2.30. The average Bonchev–Trinajstić information content (AvgIpc) is 3.47. The first-order valence-corrected chi connectivity index (χ1v) is 15.7. The molecule has 9 nitrogen and oxygen atoms in total. The van der Waals surface area contributed by atoms with Gasteiger partial charge in [0.05, 0.1) is 6.07 Å². The first-order valence-electron chi connectivity index (χ1n) is 15.7. The van der Waals surface area contributed by atoms with E-state index in [9.17, 15) is 9.59 Å². The predicted octanol–water partition coefficient (Wildman–Crippen LogP) is 4.43. The number of carbonyl (C=O) groups is 2. The Hall–Kier alpha value is -4.03. The Labute approximate surface area is 253 Å². The number of amides is 2. The van der Waals surface area contributed by atoms with Gasteiger partial charge in [0.1, 0.15) is 0 Å². The maximum absolute atomic E-state index is 13.1. The molecule has 1 saturated carbocycles. The smallest absolute Gasteiger partial charge is 0.253 e. The molecule has 0 N–H and O–H groups in total. The molecular weight excluding hydrogens is 538 g/mol. The molecule has 0 atom stereocenters. The average molecular weight is 580 g/mol. The lowest BCUT2D eigenvalue weighted by atomic mass is 9.82. The summed E-state index contributed by atoms with van der Waals surface area (Å²) in [6.45, 7) is 3.35. The minimum atomic E-state index is 0.0503. The van der Waals surface area contributed by atoms with Crippen molar-refractivity contribution in [1.29, 1.82) is 5.26 Å². The van der Waals surface area contributed by atoms with Gasteiger partial charge in [-0.2, -0.15) is 10.4 Å². The summed E-state index contributed by atoms with van der Waals surface area (Å²) >= 11 is 0. The Bertz CT molecular complexity index is 1540. The number of nitrogens with zero attached hydrogens (tertiary/aromatic N) is 7. The third-order valence-corrected chi connectivity index (χ3v) is 9.65. The van der Waals surface area contributed by atoms with Crippen LogP contribution in [0.5, 0.6) is 0 Å². The number of hydrogen-bond acceptors (Lipinski definition) is 6. The summed E-state index contributed by atoms with van der Waals surface area (Å²) in [5, 5.41) is 13.9. The summed E-state index contributed by atoms with van der Waals surface area (Å²) in [6, 6.07) is 14.6. The molecule has 2 aromatic heterocycles. The zero-order valence-corrected chi connectivity index (χ0v) is 25.3. The van der Waals surface area contributed by atoms with Crippen LogP contribution >= 0.6 is 0 Å². The van der Waals surface area contributed by atoms with Gasteiger partial charge in [-0.1, -0.05) is 18.2 Å². The standard InChI is InChI=1S/C34H41N7O2/c1-38-18-15-29(16-19-38)39(2)33(42)27-9-5-24(6-10-27)22-31-36-32-30(4-3-17-41(32)37-31)26-13-20-40(21-14-26)34(43)28-11-7-25(23-35)8-12-28/h3-6,9-10,13,17,25,28-29H,7-8,11-12,14-16,18-22H2,1-2H3. The van der Waals surface area contributed by atoms with Gasteiger partial charge in [-0.05, 0) is 100 Å². The van der Waals surface area contributed by atoms with E-state index in [1.165, 1.54) is 5.57 Å². The summed E-state index contributed by atoms with van der Waals surface area (Å²) in [5.41, 5.74) is 4.84. The topological polar surface area (TPSA) is 97.8 Å². The summed E-state index contributed by atoms with van der Waals surface area (Å²) in [5.74, 6) is 1.19. The molecule has 1 saturated heterocycles. The van der Waals surface area contributed by atoms with Crippen molar-refractivity contribution in [3.05, 3.63) is 71.2 Å². The van der Waals surface area contributed by atoms with Crippen molar-refractivity contribution in [2.45, 2.75) is 57.4 Å². The molecule has 3 aromatic rings. The highest BCUT2D eigenvalue weighted by molar-refractivity contribution is 5.94. The number of fused-ring (bicyclic) bond motifs is 1. The number of likely N-dealkylation sites (tertiary alicyclic amines) is 1. The largest absolute Gasteiger partial charge is 0.339 e. The van der Waals surface area contributed by atoms with E-state index >= 15 is 0 Å². The molecule has 2 amide bonds. The second-order valence-corrected chi connectivity index (χ2v) is 12.5. The van der Waals surface area contributed by atoms with Crippen molar-refractivity contribution < 1.29 is 9.59 Å². The fourth-order valence-electron chi connectivity index (χ4n) is 6.82. The summed E-state index contributed by atoms with van der Waals surface area (Å²) < 4.78 is 1.84. The van der Waals surface area contributed by atoms with Gasteiger partial charge in [-0.3, -0.25) is 9.59 Å². The van der Waals surface area contributed by atoms with Crippen molar-refractivity contribution in [3.63, 3.8) is 0 Å². The van der Waals surface area contributed by atoms with Gasteiger partial charge in [0.25, 0.3) is 5.91 Å². The number of carbonyl (C=O) groups excluding carboxylic acids is 2. The third kappa shape index (κ3) is 6.35. The number of nitriles is 1. The molecule has 0 unspecified atom stereocenters. The zero-order valence-electron chi connectivity index (χ0n) is 25.3. The Kier molecular flexibility index (Phi) is 8.57. The van der Waals surface area contributed by atoms with E-state index in [2.05, 4.69) is 30.2 Å². The normalized spacial score (nSPS) is 21.8. The van der Waals surface area contributed by atoms with Crippen LogP contribution in [-0.2, 0) is 11.2 Å². The lowest BCUT2D eigenvalue weighted by Crippen LogP contribution is -2.44. The molecule has 0 spiro atoms. The van der Waals surface area contributed by atoms with Gasteiger partial charge < -0.3 is 14.7 Å². The number of pyridine rings is 1. The molecule has 3 aliphatic rings. The number of piperidine rings is 1. The van der Waals surface area contributed by atoms with Gasteiger partial charge >= 0.3 is 0 Å². The highest BCUT2D eigenvalue weighted by atomic mass is 16.2. The molecule has 2 fully saturated rings. The van der Waals surface area contributed by atoms with Crippen molar-refractivity contribution >= 4 is 23.0 Å².